The first-order valence-corrected chi connectivity index (χ1v) is 9.91. The quantitative estimate of drug-likeness (QED) is 0.413. The molecule has 0 aliphatic heterocycles. The molecule has 2 aromatic heterocycles. The van der Waals surface area contributed by atoms with Gasteiger partial charge in [-0.1, -0.05) is 66.7 Å². The molecule has 8 nitrogen and oxygen atoms in total. The monoisotopic (exact) mass is 423 g/mol. The molecule has 2 N–H and O–H groups in total. The Morgan fingerprint density at radius 2 is 1.56 bits per heavy atom. The van der Waals surface area contributed by atoms with Gasteiger partial charge < -0.3 is 10.1 Å². The highest BCUT2D eigenvalue weighted by molar-refractivity contribution is 6.05. The molecule has 156 valence electrons. The van der Waals surface area contributed by atoms with Gasteiger partial charge in [0.05, 0.1) is 17.4 Å². The number of carbonyl (C=O) groups is 1. The predicted octanol–water partition coefficient (Wildman–Crippen LogP) is 4.56. The van der Waals surface area contributed by atoms with E-state index < -0.39 is 5.91 Å². The molecule has 0 saturated carbocycles. The molecule has 32 heavy (non-hydrogen) atoms. The van der Waals surface area contributed by atoms with Crippen LogP contribution in [-0.4, -0.2) is 25.8 Å². The van der Waals surface area contributed by atoms with Crippen molar-refractivity contribution in [3.63, 3.8) is 0 Å². The molecule has 5 aromatic rings. The number of H-pyrrole nitrogens is 1. The van der Waals surface area contributed by atoms with Gasteiger partial charge in [0.1, 0.15) is 0 Å². The fourth-order valence-electron chi connectivity index (χ4n) is 3.61. The standard InChI is InChI=1S/C24H17N5O3/c30-22-20(18-12-6-7-13-19(18)25-22)26-27-23(31)21-16-10-4-5-11-17(16)24(32)29(28-21)14-15-8-2-1-3-9-15/h1-13,25,30H,14H2. The summed E-state index contributed by atoms with van der Waals surface area (Å²) in [6.45, 7) is 0.213. The molecule has 0 aliphatic carbocycles. The number of carbonyl (C=O) groups excluding carboxylic acids is 1. The number of azo groups is 1. The van der Waals surface area contributed by atoms with Crippen molar-refractivity contribution in [1.82, 2.24) is 14.8 Å². The van der Waals surface area contributed by atoms with E-state index in [1.807, 2.05) is 36.4 Å². The molecule has 0 spiro atoms. The number of aromatic nitrogens is 3. The summed E-state index contributed by atoms with van der Waals surface area (Å²) in [6, 6.07) is 23.3. The minimum Gasteiger partial charge on any atom is -0.493 e. The molecule has 0 atom stereocenters. The van der Waals surface area contributed by atoms with Crippen LogP contribution in [0.5, 0.6) is 5.88 Å². The van der Waals surface area contributed by atoms with Gasteiger partial charge in [-0.3, -0.25) is 9.59 Å². The molecule has 0 radical (unpaired) electrons. The van der Waals surface area contributed by atoms with Crippen LogP contribution in [0.3, 0.4) is 0 Å². The molecular weight excluding hydrogens is 406 g/mol. The van der Waals surface area contributed by atoms with E-state index >= 15 is 0 Å². The predicted molar refractivity (Wildman–Crippen MR) is 120 cm³/mol. The van der Waals surface area contributed by atoms with Gasteiger partial charge in [-0.2, -0.15) is 5.10 Å². The van der Waals surface area contributed by atoms with Gasteiger partial charge in [-0.25, -0.2) is 4.68 Å². The highest BCUT2D eigenvalue weighted by atomic mass is 16.3. The van der Waals surface area contributed by atoms with E-state index in [9.17, 15) is 14.7 Å². The second-order valence-electron chi connectivity index (χ2n) is 7.22. The summed E-state index contributed by atoms with van der Waals surface area (Å²) in [5.74, 6) is -0.901. The summed E-state index contributed by atoms with van der Waals surface area (Å²) in [6.07, 6.45) is 0. The largest absolute Gasteiger partial charge is 0.493 e. The summed E-state index contributed by atoms with van der Waals surface area (Å²) in [5.41, 5.74) is 1.43. The third kappa shape index (κ3) is 3.43. The number of nitrogens with zero attached hydrogens (tertiary/aromatic N) is 4. The number of hydrogen-bond donors (Lipinski definition) is 2. The molecule has 0 bridgehead atoms. The Labute approximate surface area is 181 Å². The summed E-state index contributed by atoms with van der Waals surface area (Å²) in [4.78, 5) is 28.7. The van der Waals surface area contributed by atoms with Crippen LogP contribution in [-0.2, 0) is 6.54 Å². The van der Waals surface area contributed by atoms with E-state index in [2.05, 4.69) is 20.3 Å². The lowest BCUT2D eigenvalue weighted by atomic mass is 10.1. The van der Waals surface area contributed by atoms with Crippen molar-refractivity contribution in [2.45, 2.75) is 6.54 Å². The molecule has 1 amide bonds. The molecular formula is C24H17N5O3. The first-order valence-electron chi connectivity index (χ1n) is 9.91. The van der Waals surface area contributed by atoms with Gasteiger partial charge in [0.2, 0.25) is 5.88 Å². The van der Waals surface area contributed by atoms with E-state index in [0.29, 0.717) is 21.7 Å². The smallest absolute Gasteiger partial charge is 0.316 e. The Bertz CT molecular complexity index is 1550. The lowest BCUT2D eigenvalue weighted by Crippen LogP contribution is -2.26. The summed E-state index contributed by atoms with van der Waals surface area (Å²) >= 11 is 0. The number of aromatic hydroxyl groups is 1. The number of fused-ring (bicyclic) bond motifs is 2. The number of amides is 1. The van der Waals surface area contributed by atoms with E-state index in [4.69, 9.17) is 0 Å². The minimum atomic E-state index is -0.715. The normalized spacial score (nSPS) is 11.5. The van der Waals surface area contributed by atoms with Gasteiger partial charge in [0.25, 0.3) is 5.56 Å². The first kappa shape index (κ1) is 19.4. The van der Waals surface area contributed by atoms with Crippen molar-refractivity contribution in [2.24, 2.45) is 10.2 Å². The average Bonchev–Trinajstić information content (AvgIpc) is 3.15. The molecule has 2 heterocycles. The van der Waals surface area contributed by atoms with Crippen molar-refractivity contribution in [3.8, 4) is 5.88 Å². The number of hydrogen-bond acceptors (Lipinski definition) is 5. The molecule has 0 fully saturated rings. The number of rotatable bonds is 4. The van der Waals surface area contributed by atoms with Gasteiger partial charge in [-0.05, 0) is 17.7 Å². The van der Waals surface area contributed by atoms with Crippen LogP contribution in [0, 0.1) is 0 Å². The maximum Gasteiger partial charge on any atom is 0.316 e. The Morgan fingerprint density at radius 1 is 0.906 bits per heavy atom. The van der Waals surface area contributed by atoms with Gasteiger partial charge in [0, 0.05) is 10.8 Å². The molecule has 0 aliphatic rings. The SMILES string of the molecule is O=C(N=Nc1c(O)[nH]c2ccccc12)c1nn(Cc2ccccc2)c(=O)c2ccccc12. The van der Waals surface area contributed by atoms with Gasteiger partial charge in [-0.15, -0.1) is 10.2 Å². The van der Waals surface area contributed by atoms with E-state index in [0.717, 1.165) is 5.56 Å². The topological polar surface area (TPSA) is 113 Å². The van der Waals surface area contributed by atoms with E-state index in [1.165, 1.54) is 4.68 Å². The summed E-state index contributed by atoms with van der Waals surface area (Å²) in [5, 5.41) is 23.6. The van der Waals surface area contributed by atoms with Gasteiger partial charge in [0.15, 0.2) is 11.4 Å². The van der Waals surface area contributed by atoms with E-state index in [-0.39, 0.29) is 29.4 Å². The Balaban J connectivity index is 1.59. The van der Waals surface area contributed by atoms with Crippen LogP contribution in [0.1, 0.15) is 16.1 Å². The molecule has 0 saturated heterocycles. The van der Waals surface area contributed by atoms with Crippen LogP contribution < -0.4 is 5.56 Å². The second kappa shape index (κ2) is 7.92. The third-order valence-corrected chi connectivity index (χ3v) is 5.15. The lowest BCUT2D eigenvalue weighted by Gasteiger charge is -2.09. The van der Waals surface area contributed by atoms with Crippen LogP contribution in [0.4, 0.5) is 5.69 Å². The molecule has 5 rings (SSSR count). The minimum absolute atomic E-state index is 0.0132. The zero-order valence-corrected chi connectivity index (χ0v) is 16.8. The summed E-state index contributed by atoms with van der Waals surface area (Å²) < 4.78 is 1.25. The average molecular weight is 423 g/mol. The maximum absolute atomic E-state index is 13.0. The third-order valence-electron chi connectivity index (χ3n) is 5.15. The fourth-order valence-corrected chi connectivity index (χ4v) is 3.61. The number of para-hydroxylation sites is 1. The highest BCUT2D eigenvalue weighted by Crippen LogP contribution is 2.35. The van der Waals surface area contributed by atoms with Gasteiger partial charge >= 0.3 is 5.91 Å². The number of benzene rings is 3. The first-order chi connectivity index (χ1) is 15.6. The zero-order valence-electron chi connectivity index (χ0n) is 16.8. The van der Waals surface area contributed by atoms with Crippen LogP contribution in [0.2, 0.25) is 0 Å². The Morgan fingerprint density at radius 3 is 2.34 bits per heavy atom. The number of aromatic amines is 1. The highest BCUT2D eigenvalue weighted by Gasteiger charge is 2.18. The van der Waals surface area contributed by atoms with Crippen molar-refractivity contribution in [3.05, 3.63) is 100 Å². The molecule has 3 aromatic carbocycles. The van der Waals surface area contributed by atoms with Crippen molar-refractivity contribution in [2.75, 3.05) is 0 Å². The number of nitrogens with one attached hydrogen (secondary N) is 1. The Hall–Kier alpha value is -4.59. The zero-order chi connectivity index (χ0) is 22.1. The molecule has 0 unspecified atom stereocenters. The van der Waals surface area contributed by atoms with Crippen molar-refractivity contribution < 1.29 is 9.90 Å². The van der Waals surface area contributed by atoms with Crippen LogP contribution in [0.25, 0.3) is 21.7 Å². The van der Waals surface area contributed by atoms with E-state index in [1.54, 1.807) is 42.5 Å². The lowest BCUT2D eigenvalue weighted by molar-refractivity contribution is 0.0990. The van der Waals surface area contributed by atoms with Crippen molar-refractivity contribution in [1.29, 1.82) is 0 Å². The summed E-state index contributed by atoms with van der Waals surface area (Å²) in [7, 11) is 0. The second-order valence-corrected chi connectivity index (χ2v) is 7.22. The van der Waals surface area contributed by atoms with Crippen molar-refractivity contribution >= 4 is 33.3 Å². The maximum atomic E-state index is 13.0. The fraction of sp³-hybridized carbons (Fsp3) is 0.0417. The molecule has 8 heteroatoms. The Kier molecular flexibility index (Phi) is 4.79. The van der Waals surface area contributed by atoms with Crippen LogP contribution >= 0.6 is 0 Å². The van der Waals surface area contributed by atoms with Crippen LogP contribution in [0.15, 0.2) is 93.9 Å².